The van der Waals surface area contributed by atoms with Crippen molar-refractivity contribution in [1.82, 2.24) is 0 Å². The molecule has 0 aliphatic rings. The summed E-state index contributed by atoms with van der Waals surface area (Å²) in [6, 6.07) is 4.43. The Balaban J connectivity index is 2.71. The highest BCUT2D eigenvalue weighted by atomic mass is 35.5. The van der Waals surface area contributed by atoms with E-state index in [9.17, 15) is 9.18 Å². The Morgan fingerprint density at radius 3 is 2.69 bits per heavy atom. The van der Waals surface area contributed by atoms with Gasteiger partial charge in [-0.1, -0.05) is 19.9 Å². The van der Waals surface area contributed by atoms with Crippen LogP contribution in [0.4, 0.5) is 4.39 Å². The molecule has 0 atom stereocenters. The topological polar surface area (TPSA) is 26.3 Å². The maximum absolute atomic E-state index is 13.5. The molecular formula is C12H14ClFO2. The first-order valence-corrected chi connectivity index (χ1v) is 5.46. The van der Waals surface area contributed by atoms with Gasteiger partial charge in [0.1, 0.15) is 0 Å². The van der Waals surface area contributed by atoms with E-state index < -0.39 is 11.1 Å². The second kappa shape index (κ2) is 5.85. The third kappa shape index (κ3) is 4.19. The van der Waals surface area contributed by atoms with Crippen LogP contribution in [0.3, 0.4) is 0 Å². The van der Waals surface area contributed by atoms with Gasteiger partial charge in [0, 0.05) is 6.42 Å². The van der Waals surface area contributed by atoms with E-state index >= 15 is 0 Å². The number of carbonyl (C=O) groups excluding carboxylic acids is 1. The van der Waals surface area contributed by atoms with Crippen LogP contribution in [0.25, 0.3) is 0 Å². The van der Waals surface area contributed by atoms with Crippen molar-refractivity contribution in [2.24, 2.45) is 5.92 Å². The standard InChI is InChI=1S/C12H14ClFO2/c1-8(2)7-16-11-4-3-9(5-10(11)14)6-12(13)15/h3-5,8H,6-7H2,1-2H3. The first-order valence-electron chi connectivity index (χ1n) is 5.08. The molecule has 88 valence electrons. The smallest absolute Gasteiger partial charge is 0.226 e. The summed E-state index contributed by atoms with van der Waals surface area (Å²) in [6.45, 7) is 4.43. The van der Waals surface area contributed by atoms with Crippen LogP contribution >= 0.6 is 11.6 Å². The van der Waals surface area contributed by atoms with Gasteiger partial charge in [0.15, 0.2) is 11.6 Å². The van der Waals surface area contributed by atoms with Gasteiger partial charge in [0.25, 0.3) is 0 Å². The van der Waals surface area contributed by atoms with Gasteiger partial charge in [-0.3, -0.25) is 4.79 Å². The minimum atomic E-state index is -0.504. The van der Waals surface area contributed by atoms with Crippen LogP contribution in [0, 0.1) is 11.7 Å². The molecule has 4 heteroatoms. The number of ether oxygens (including phenoxy) is 1. The van der Waals surface area contributed by atoms with E-state index in [2.05, 4.69) is 0 Å². The molecule has 1 aromatic carbocycles. The molecule has 16 heavy (non-hydrogen) atoms. The van der Waals surface area contributed by atoms with E-state index in [0.717, 1.165) is 0 Å². The molecule has 0 amide bonds. The molecule has 0 heterocycles. The van der Waals surface area contributed by atoms with E-state index in [1.54, 1.807) is 6.07 Å². The van der Waals surface area contributed by atoms with E-state index in [1.165, 1.54) is 12.1 Å². The van der Waals surface area contributed by atoms with E-state index in [4.69, 9.17) is 16.3 Å². The van der Waals surface area contributed by atoms with Crippen molar-refractivity contribution in [3.8, 4) is 5.75 Å². The maximum atomic E-state index is 13.5. The summed E-state index contributed by atoms with van der Waals surface area (Å²) in [5.41, 5.74) is 0.550. The third-order valence-corrected chi connectivity index (χ3v) is 2.05. The molecule has 0 saturated carbocycles. The molecule has 0 unspecified atom stereocenters. The molecular weight excluding hydrogens is 231 g/mol. The lowest BCUT2D eigenvalue weighted by Gasteiger charge is -2.10. The van der Waals surface area contributed by atoms with Crippen LogP contribution in [-0.2, 0) is 11.2 Å². The fourth-order valence-electron chi connectivity index (χ4n) is 1.19. The molecule has 0 radical (unpaired) electrons. The molecule has 2 nitrogen and oxygen atoms in total. The Labute approximate surface area is 99.4 Å². The number of hydrogen-bond acceptors (Lipinski definition) is 2. The van der Waals surface area contributed by atoms with Gasteiger partial charge in [0.2, 0.25) is 5.24 Å². The zero-order valence-corrected chi connectivity index (χ0v) is 10.1. The third-order valence-electron chi connectivity index (χ3n) is 1.91. The van der Waals surface area contributed by atoms with Crippen LogP contribution in [0.2, 0.25) is 0 Å². The summed E-state index contributed by atoms with van der Waals surface area (Å²) >= 11 is 5.21. The summed E-state index contributed by atoms with van der Waals surface area (Å²) in [5.74, 6) is 0.0824. The van der Waals surface area contributed by atoms with Crippen LogP contribution in [0.15, 0.2) is 18.2 Å². The first kappa shape index (κ1) is 13.0. The summed E-state index contributed by atoms with van der Waals surface area (Å²) in [4.78, 5) is 10.6. The number of benzene rings is 1. The molecule has 0 N–H and O–H groups in total. The SMILES string of the molecule is CC(C)COc1ccc(CC(=O)Cl)cc1F. The molecule has 1 rings (SSSR count). The van der Waals surface area contributed by atoms with Gasteiger partial charge >= 0.3 is 0 Å². The van der Waals surface area contributed by atoms with Crippen molar-refractivity contribution in [1.29, 1.82) is 0 Å². The van der Waals surface area contributed by atoms with Gasteiger partial charge in [-0.15, -0.1) is 0 Å². The average molecular weight is 245 g/mol. The molecule has 0 fully saturated rings. The Morgan fingerprint density at radius 2 is 2.19 bits per heavy atom. The summed E-state index contributed by atoms with van der Waals surface area (Å²) in [6.07, 6.45) is 0.0307. The fourth-order valence-corrected chi connectivity index (χ4v) is 1.34. The molecule has 0 aliphatic carbocycles. The monoisotopic (exact) mass is 244 g/mol. The van der Waals surface area contributed by atoms with Crippen molar-refractivity contribution < 1.29 is 13.9 Å². The zero-order chi connectivity index (χ0) is 12.1. The highest BCUT2D eigenvalue weighted by Gasteiger charge is 2.07. The van der Waals surface area contributed by atoms with Gasteiger partial charge in [-0.2, -0.15) is 0 Å². The van der Waals surface area contributed by atoms with Crippen molar-refractivity contribution in [3.05, 3.63) is 29.6 Å². The van der Waals surface area contributed by atoms with E-state index in [1.807, 2.05) is 13.8 Å². The number of halogens is 2. The maximum Gasteiger partial charge on any atom is 0.226 e. The van der Waals surface area contributed by atoms with Gasteiger partial charge < -0.3 is 4.74 Å². The van der Waals surface area contributed by atoms with Gasteiger partial charge in [0.05, 0.1) is 6.61 Å². The van der Waals surface area contributed by atoms with Crippen molar-refractivity contribution in [2.45, 2.75) is 20.3 Å². The molecule has 0 aromatic heterocycles. The van der Waals surface area contributed by atoms with Crippen LogP contribution < -0.4 is 4.74 Å². The Kier molecular flexibility index (Phi) is 4.74. The molecule has 0 spiro atoms. The molecule has 0 aliphatic heterocycles. The van der Waals surface area contributed by atoms with Crippen molar-refractivity contribution >= 4 is 16.8 Å². The lowest BCUT2D eigenvalue weighted by Crippen LogP contribution is -2.06. The Hall–Kier alpha value is -1.09. The predicted molar refractivity (Wildman–Crippen MR) is 61.3 cm³/mol. The Morgan fingerprint density at radius 1 is 1.50 bits per heavy atom. The lowest BCUT2D eigenvalue weighted by molar-refractivity contribution is -0.111. The van der Waals surface area contributed by atoms with Gasteiger partial charge in [-0.05, 0) is 35.2 Å². The second-order valence-corrected chi connectivity index (χ2v) is 4.42. The number of hydrogen-bond donors (Lipinski definition) is 0. The quantitative estimate of drug-likeness (QED) is 0.744. The van der Waals surface area contributed by atoms with E-state index in [-0.39, 0.29) is 12.2 Å². The zero-order valence-electron chi connectivity index (χ0n) is 9.30. The van der Waals surface area contributed by atoms with Gasteiger partial charge in [-0.25, -0.2) is 4.39 Å². The first-order chi connectivity index (χ1) is 7.49. The summed E-state index contributed by atoms with van der Waals surface area (Å²) in [5, 5.41) is -0.504. The fraction of sp³-hybridized carbons (Fsp3) is 0.417. The van der Waals surface area contributed by atoms with Crippen LogP contribution in [0.1, 0.15) is 19.4 Å². The predicted octanol–water partition coefficient (Wildman–Crippen LogP) is 3.17. The summed E-state index contributed by atoms with van der Waals surface area (Å²) < 4.78 is 18.7. The van der Waals surface area contributed by atoms with Crippen molar-refractivity contribution in [2.75, 3.05) is 6.61 Å². The highest BCUT2D eigenvalue weighted by molar-refractivity contribution is 6.63. The van der Waals surface area contributed by atoms with Crippen LogP contribution in [0.5, 0.6) is 5.75 Å². The van der Waals surface area contributed by atoms with Crippen LogP contribution in [-0.4, -0.2) is 11.8 Å². The number of carbonyl (C=O) groups is 1. The lowest BCUT2D eigenvalue weighted by atomic mass is 10.1. The molecule has 1 aromatic rings. The molecule has 0 saturated heterocycles. The normalized spacial score (nSPS) is 10.6. The Bertz CT molecular complexity index is 377. The van der Waals surface area contributed by atoms with E-state index in [0.29, 0.717) is 18.1 Å². The average Bonchev–Trinajstić information content (AvgIpc) is 2.15. The molecule has 0 bridgehead atoms. The minimum Gasteiger partial charge on any atom is -0.490 e. The highest BCUT2D eigenvalue weighted by Crippen LogP contribution is 2.19. The second-order valence-electron chi connectivity index (χ2n) is 4.00. The summed E-state index contributed by atoms with van der Waals surface area (Å²) in [7, 11) is 0. The minimum absolute atomic E-state index is 0.0307. The largest absolute Gasteiger partial charge is 0.490 e. The van der Waals surface area contributed by atoms with Crippen molar-refractivity contribution in [3.63, 3.8) is 0 Å². The number of rotatable bonds is 5.